The van der Waals surface area contributed by atoms with Crippen molar-refractivity contribution in [2.75, 3.05) is 20.3 Å². The third-order valence-corrected chi connectivity index (χ3v) is 1.77. The molecular formula is C11H14O3. The Morgan fingerprint density at radius 2 is 2.07 bits per heavy atom. The fourth-order valence-electron chi connectivity index (χ4n) is 1.17. The largest absolute Gasteiger partial charge is 0.491 e. The highest BCUT2D eigenvalue weighted by molar-refractivity contribution is 5.76. The summed E-state index contributed by atoms with van der Waals surface area (Å²) in [5.74, 6) is 0.712. The van der Waals surface area contributed by atoms with Crippen molar-refractivity contribution in [1.29, 1.82) is 0 Å². The summed E-state index contributed by atoms with van der Waals surface area (Å²) in [6, 6.07) is 5.43. The van der Waals surface area contributed by atoms with Gasteiger partial charge in [0, 0.05) is 12.7 Å². The molecule has 0 spiro atoms. The predicted molar refractivity (Wildman–Crippen MR) is 53.9 cm³/mol. The summed E-state index contributed by atoms with van der Waals surface area (Å²) >= 11 is 0. The van der Waals surface area contributed by atoms with E-state index in [0.29, 0.717) is 24.5 Å². The maximum absolute atomic E-state index is 10.6. The van der Waals surface area contributed by atoms with Crippen LogP contribution >= 0.6 is 0 Å². The normalized spacial score (nSPS) is 9.86. The number of benzene rings is 1. The summed E-state index contributed by atoms with van der Waals surface area (Å²) < 4.78 is 10.2. The fourth-order valence-corrected chi connectivity index (χ4v) is 1.17. The molecule has 0 aliphatic heterocycles. The molecule has 0 aromatic heterocycles. The minimum Gasteiger partial charge on any atom is -0.491 e. The van der Waals surface area contributed by atoms with Gasteiger partial charge in [0.1, 0.15) is 18.6 Å². The van der Waals surface area contributed by atoms with Crippen molar-refractivity contribution in [3.05, 3.63) is 29.3 Å². The minimum absolute atomic E-state index is 0.498. The smallest absolute Gasteiger partial charge is 0.150 e. The van der Waals surface area contributed by atoms with Crippen molar-refractivity contribution in [2.24, 2.45) is 0 Å². The molecule has 76 valence electrons. The number of methoxy groups -OCH3 is 1. The fraction of sp³-hybridized carbons (Fsp3) is 0.364. The van der Waals surface area contributed by atoms with E-state index < -0.39 is 0 Å². The lowest BCUT2D eigenvalue weighted by Crippen LogP contribution is -2.04. The van der Waals surface area contributed by atoms with Crippen LogP contribution in [0, 0.1) is 6.92 Å². The SMILES string of the molecule is COCCOc1cc(C)cc(C=O)c1. The summed E-state index contributed by atoms with van der Waals surface area (Å²) in [7, 11) is 1.62. The van der Waals surface area contributed by atoms with Crippen LogP contribution in [0.25, 0.3) is 0 Å². The molecule has 0 aliphatic rings. The van der Waals surface area contributed by atoms with Crippen molar-refractivity contribution in [3.8, 4) is 5.75 Å². The zero-order valence-corrected chi connectivity index (χ0v) is 8.45. The predicted octanol–water partition coefficient (Wildman–Crippen LogP) is 1.83. The first-order chi connectivity index (χ1) is 6.76. The van der Waals surface area contributed by atoms with Gasteiger partial charge in [-0.2, -0.15) is 0 Å². The van der Waals surface area contributed by atoms with E-state index in [1.165, 1.54) is 0 Å². The van der Waals surface area contributed by atoms with Gasteiger partial charge in [-0.3, -0.25) is 4.79 Å². The van der Waals surface area contributed by atoms with Crippen LogP contribution in [-0.4, -0.2) is 26.6 Å². The Hall–Kier alpha value is -1.35. The first-order valence-electron chi connectivity index (χ1n) is 4.45. The van der Waals surface area contributed by atoms with E-state index in [0.717, 1.165) is 11.8 Å². The lowest BCUT2D eigenvalue weighted by molar-refractivity contribution is 0.112. The molecule has 1 aromatic carbocycles. The van der Waals surface area contributed by atoms with Crippen LogP contribution in [0.5, 0.6) is 5.75 Å². The van der Waals surface area contributed by atoms with E-state index in [9.17, 15) is 4.79 Å². The van der Waals surface area contributed by atoms with Crippen LogP contribution < -0.4 is 4.74 Å². The Bertz CT molecular complexity index is 307. The highest BCUT2D eigenvalue weighted by Crippen LogP contribution is 2.15. The van der Waals surface area contributed by atoms with Crippen molar-refractivity contribution in [2.45, 2.75) is 6.92 Å². The van der Waals surface area contributed by atoms with Gasteiger partial charge in [-0.1, -0.05) is 0 Å². The number of aldehydes is 1. The van der Waals surface area contributed by atoms with Gasteiger partial charge in [0.2, 0.25) is 0 Å². The van der Waals surface area contributed by atoms with Crippen LogP contribution in [0.1, 0.15) is 15.9 Å². The Labute approximate surface area is 83.6 Å². The lowest BCUT2D eigenvalue weighted by atomic mass is 10.1. The van der Waals surface area contributed by atoms with E-state index >= 15 is 0 Å². The van der Waals surface area contributed by atoms with Gasteiger partial charge < -0.3 is 9.47 Å². The maximum atomic E-state index is 10.6. The van der Waals surface area contributed by atoms with E-state index in [4.69, 9.17) is 9.47 Å². The number of carbonyl (C=O) groups excluding carboxylic acids is 1. The molecule has 3 heteroatoms. The number of hydrogen-bond donors (Lipinski definition) is 0. The molecule has 0 fully saturated rings. The number of aryl methyl sites for hydroxylation is 1. The third kappa shape index (κ3) is 3.18. The second-order valence-electron chi connectivity index (χ2n) is 3.04. The zero-order valence-electron chi connectivity index (χ0n) is 8.45. The second-order valence-corrected chi connectivity index (χ2v) is 3.04. The Kier molecular flexibility index (Phi) is 4.13. The molecule has 1 rings (SSSR count). The molecule has 0 bridgehead atoms. The highest BCUT2D eigenvalue weighted by atomic mass is 16.5. The van der Waals surface area contributed by atoms with Crippen molar-refractivity contribution in [3.63, 3.8) is 0 Å². The maximum Gasteiger partial charge on any atom is 0.150 e. The molecule has 0 saturated carbocycles. The summed E-state index contributed by atoms with van der Waals surface area (Å²) in [6.45, 7) is 2.97. The number of carbonyl (C=O) groups is 1. The van der Waals surface area contributed by atoms with Crippen molar-refractivity contribution >= 4 is 6.29 Å². The molecular weight excluding hydrogens is 180 g/mol. The molecule has 0 radical (unpaired) electrons. The minimum atomic E-state index is 0.498. The molecule has 3 nitrogen and oxygen atoms in total. The monoisotopic (exact) mass is 194 g/mol. The Morgan fingerprint density at radius 3 is 2.71 bits per heavy atom. The first-order valence-corrected chi connectivity index (χ1v) is 4.45. The van der Waals surface area contributed by atoms with Gasteiger partial charge in [-0.25, -0.2) is 0 Å². The Morgan fingerprint density at radius 1 is 1.29 bits per heavy atom. The standard InChI is InChI=1S/C11H14O3/c1-9-5-10(8-12)7-11(6-9)14-4-3-13-2/h5-8H,3-4H2,1-2H3. The molecule has 0 saturated heterocycles. The van der Waals surface area contributed by atoms with E-state index in [1.54, 1.807) is 13.2 Å². The quantitative estimate of drug-likeness (QED) is 0.530. The van der Waals surface area contributed by atoms with Gasteiger partial charge in [0.05, 0.1) is 6.61 Å². The van der Waals surface area contributed by atoms with Crippen molar-refractivity contribution in [1.82, 2.24) is 0 Å². The van der Waals surface area contributed by atoms with Gasteiger partial charge in [-0.05, 0) is 30.7 Å². The molecule has 0 N–H and O–H groups in total. The van der Waals surface area contributed by atoms with Crippen LogP contribution in [0.3, 0.4) is 0 Å². The number of hydrogen-bond acceptors (Lipinski definition) is 3. The summed E-state index contributed by atoms with van der Waals surface area (Å²) in [5.41, 5.74) is 1.65. The van der Waals surface area contributed by atoms with Gasteiger partial charge in [0.15, 0.2) is 0 Å². The number of rotatable bonds is 5. The molecule has 0 atom stereocenters. The average molecular weight is 194 g/mol. The van der Waals surface area contributed by atoms with Crippen molar-refractivity contribution < 1.29 is 14.3 Å². The molecule has 1 aromatic rings. The van der Waals surface area contributed by atoms with Gasteiger partial charge >= 0.3 is 0 Å². The third-order valence-electron chi connectivity index (χ3n) is 1.77. The van der Waals surface area contributed by atoms with Crippen LogP contribution in [-0.2, 0) is 4.74 Å². The molecule has 0 aliphatic carbocycles. The van der Waals surface area contributed by atoms with Crippen LogP contribution in [0.4, 0.5) is 0 Å². The topological polar surface area (TPSA) is 35.5 Å². The Balaban J connectivity index is 2.66. The second kappa shape index (κ2) is 5.40. The first kappa shape index (κ1) is 10.7. The summed E-state index contributed by atoms with van der Waals surface area (Å²) in [4.78, 5) is 10.6. The molecule has 14 heavy (non-hydrogen) atoms. The van der Waals surface area contributed by atoms with Gasteiger partial charge in [0.25, 0.3) is 0 Å². The van der Waals surface area contributed by atoms with E-state index in [1.807, 2.05) is 19.1 Å². The summed E-state index contributed by atoms with van der Waals surface area (Å²) in [5, 5.41) is 0. The highest BCUT2D eigenvalue weighted by Gasteiger charge is 1.98. The molecule has 0 amide bonds. The van der Waals surface area contributed by atoms with Crippen LogP contribution in [0.2, 0.25) is 0 Å². The van der Waals surface area contributed by atoms with Crippen LogP contribution in [0.15, 0.2) is 18.2 Å². The summed E-state index contributed by atoms with van der Waals surface area (Å²) in [6.07, 6.45) is 0.816. The average Bonchev–Trinajstić information content (AvgIpc) is 2.17. The van der Waals surface area contributed by atoms with Gasteiger partial charge in [-0.15, -0.1) is 0 Å². The number of ether oxygens (including phenoxy) is 2. The molecule has 0 unspecified atom stereocenters. The molecule has 0 heterocycles. The van der Waals surface area contributed by atoms with E-state index in [2.05, 4.69) is 0 Å². The zero-order chi connectivity index (χ0) is 10.4. The lowest BCUT2D eigenvalue weighted by Gasteiger charge is -2.06. The van der Waals surface area contributed by atoms with E-state index in [-0.39, 0.29) is 0 Å².